The normalized spacial score (nSPS) is 12.0. The summed E-state index contributed by atoms with van der Waals surface area (Å²) in [6, 6.07) is 3.39. The second kappa shape index (κ2) is 6.74. The summed E-state index contributed by atoms with van der Waals surface area (Å²) in [7, 11) is 0. The summed E-state index contributed by atoms with van der Waals surface area (Å²) >= 11 is 0. The quantitative estimate of drug-likeness (QED) is 0.762. The van der Waals surface area contributed by atoms with Crippen molar-refractivity contribution in [3.8, 4) is 5.75 Å². The maximum atomic E-state index is 9.40. The van der Waals surface area contributed by atoms with Gasteiger partial charge >= 0.3 is 0 Å². The number of rotatable bonds is 4. The van der Waals surface area contributed by atoms with E-state index in [0.717, 1.165) is 23.1 Å². The van der Waals surface area contributed by atoms with E-state index in [0.29, 0.717) is 6.42 Å². The van der Waals surface area contributed by atoms with Crippen molar-refractivity contribution in [2.24, 2.45) is 5.73 Å². The maximum absolute atomic E-state index is 9.40. The van der Waals surface area contributed by atoms with Gasteiger partial charge in [0.05, 0.1) is 0 Å². The van der Waals surface area contributed by atoms with Gasteiger partial charge in [0.25, 0.3) is 0 Å². The van der Waals surface area contributed by atoms with Crippen LogP contribution in [0.5, 0.6) is 5.75 Å². The largest absolute Gasteiger partial charge is 0.508 e. The third-order valence-electron chi connectivity index (χ3n) is 2.62. The summed E-state index contributed by atoms with van der Waals surface area (Å²) in [4.78, 5) is 0. The Hall–Kier alpha value is -0.770. The summed E-state index contributed by atoms with van der Waals surface area (Å²) in [6.45, 7) is 4.06. The molecule has 16 heavy (non-hydrogen) atoms. The van der Waals surface area contributed by atoms with E-state index in [2.05, 4.69) is 0 Å². The number of aliphatic hydroxyl groups excluding tert-OH is 1. The highest BCUT2D eigenvalue weighted by molar-refractivity contribution is 5.85. The lowest BCUT2D eigenvalue weighted by Crippen LogP contribution is -2.13. The monoisotopic (exact) mass is 245 g/mol. The summed E-state index contributed by atoms with van der Waals surface area (Å²) in [6.07, 6.45) is 1.48. The average Bonchev–Trinajstić information content (AvgIpc) is 2.12. The molecule has 0 spiro atoms. The van der Waals surface area contributed by atoms with Crippen molar-refractivity contribution in [1.82, 2.24) is 0 Å². The molecule has 0 aromatic heterocycles. The van der Waals surface area contributed by atoms with Crippen molar-refractivity contribution in [3.63, 3.8) is 0 Å². The Kier molecular flexibility index (Phi) is 6.41. The van der Waals surface area contributed by atoms with Gasteiger partial charge in [0, 0.05) is 12.6 Å². The highest BCUT2D eigenvalue weighted by Gasteiger charge is 2.12. The summed E-state index contributed by atoms with van der Waals surface area (Å²) in [5, 5.41) is 18.1. The molecule has 4 heteroatoms. The maximum Gasteiger partial charge on any atom is 0.116 e. The molecule has 0 aliphatic heterocycles. The van der Waals surface area contributed by atoms with E-state index >= 15 is 0 Å². The number of aromatic hydroxyl groups is 1. The van der Waals surface area contributed by atoms with Crippen LogP contribution in [-0.2, 0) is 0 Å². The number of phenolic OH excluding ortho intramolecular Hbond substituents is 1. The number of benzene rings is 1. The number of phenols is 1. The molecular formula is C12H20ClNO2. The standard InChI is InChI=1S/C12H19NO2.ClH/c1-8-6-10(15)7-9(2)12(8)11(13)4-3-5-14;/h6-7,11,14-15H,3-5,13H2,1-2H3;1H/t11-;/m1./s1. The molecule has 0 aliphatic carbocycles. The fourth-order valence-corrected chi connectivity index (χ4v) is 1.99. The van der Waals surface area contributed by atoms with Crippen LogP contribution in [0.3, 0.4) is 0 Å². The fourth-order valence-electron chi connectivity index (χ4n) is 1.99. The number of aryl methyl sites for hydroxylation is 2. The predicted molar refractivity (Wildman–Crippen MR) is 68.1 cm³/mol. The van der Waals surface area contributed by atoms with E-state index in [1.165, 1.54) is 0 Å². The van der Waals surface area contributed by atoms with Crippen LogP contribution in [0, 0.1) is 13.8 Å². The van der Waals surface area contributed by atoms with E-state index in [1.54, 1.807) is 12.1 Å². The topological polar surface area (TPSA) is 66.5 Å². The minimum atomic E-state index is -0.0576. The van der Waals surface area contributed by atoms with Crippen LogP contribution in [0.4, 0.5) is 0 Å². The Bertz CT molecular complexity index is 319. The fraction of sp³-hybridized carbons (Fsp3) is 0.500. The molecule has 0 heterocycles. The van der Waals surface area contributed by atoms with Crippen molar-refractivity contribution in [1.29, 1.82) is 0 Å². The first-order chi connectivity index (χ1) is 7.06. The Labute approximate surface area is 103 Å². The molecule has 4 N–H and O–H groups in total. The lowest BCUT2D eigenvalue weighted by Gasteiger charge is -2.17. The van der Waals surface area contributed by atoms with Crippen molar-refractivity contribution in [2.75, 3.05) is 6.61 Å². The lowest BCUT2D eigenvalue weighted by atomic mass is 9.93. The zero-order valence-electron chi connectivity index (χ0n) is 9.73. The molecule has 0 unspecified atom stereocenters. The number of nitrogens with two attached hydrogens (primary N) is 1. The van der Waals surface area contributed by atoms with Gasteiger partial charge in [0.15, 0.2) is 0 Å². The smallest absolute Gasteiger partial charge is 0.116 e. The molecule has 0 saturated carbocycles. The van der Waals surface area contributed by atoms with Crippen LogP contribution >= 0.6 is 12.4 Å². The molecule has 0 fully saturated rings. The number of hydrogen-bond acceptors (Lipinski definition) is 3. The van der Waals surface area contributed by atoms with Gasteiger partial charge in [-0.3, -0.25) is 0 Å². The first-order valence-electron chi connectivity index (χ1n) is 5.22. The van der Waals surface area contributed by atoms with Gasteiger partial charge in [-0.1, -0.05) is 0 Å². The SMILES string of the molecule is Cc1cc(O)cc(C)c1[C@H](N)CCCO.Cl. The number of aliphatic hydroxyl groups is 1. The molecular weight excluding hydrogens is 226 g/mol. The van der Waals surface area contributed by atoms with Gasteiger partial charge < -0.3 is 15.9 Å². The number of hydrogen-bond donors (Lipinski definition) is 3. The molecule has 0 radical (unpaired) electrons. The summed E-state index contributed by atoms with van der Waals surface area (Å²) in [5.41, 5.74) is 9.15. The van der Waals surface area contributed by atoms with Gasteiger partial charge in [-0.25, -0.2) is 0 Å². The highest BCUT2D eigenvalue weighted by Crippen LogP contribution is 2.27. The minimum absolute atomic E-state index is 0. The Morgan fingerprint density at radius 2 is 1.75 bits per heavy atom. The van der Waals surface area contributed by atoms with Crippen LogP contribution in [0.15, 0.2) is 12.1 Å². The third-order valence-corrected chi connectivity index (χ3v) is 2.62. The van der Waals surface area contributed by atoms with Gasteiger partial charge in [0.1, 0.15) is 5.75 Å². The molecule has 1 aromatic rings. The Morgan fingerprint density at radius 3 is 2.19 bits per heavy atom. The van der Waals surface area contributed by atoms with Crippen LogP contribution in [0.1, 0.15) is 35.6 Å². The molecule has 1 atom stereocenters. The Balaban J connectivity index is 0.00000225. The molecule has 0 amide bonds. The highest BCUT2D eigenvalue weighted by atomic mass is 35.5. The molecule has 0 bridgehead atoms. The van der Waals surface area contributed by atoms with E-state index in [-0.39, 0.29) is 30.8 Å². The second-order valence-corrected chi connectivity index (χ2v) is 3.97. The third kappa shape index (κ3) is 3.67. The summed E-state index contributed by atoms with van der Waals surface area (Å²) < 4.78 is 0. The van der Waals surface area contributed by atoms with E-state index in [9.17, 15) is 5.11 Å². The zero-order chi connectivity index (χ0) is 11.4. The van der Waals surface area contributed by atoms with Crippen molar-refractivity contribution < 1.29 is 10.2 Å². The molecule has 0 saturated heterocycles. The first-order valence-corrected chi connectivity index (χ1v) is 5.22. The first kappa shape index (κ1) is 15.2. The van der Waals surface area contributed by atoms with Gasteiger partial charge in [-0.05, 0) is 55.5 Å². The van der Waals surface area contributed by atoms with Crippen LogP contribution in [-0.4, -0.2) is 16.8 Å². The average molecular weight is 246 g/mol. The molecule has 1 aromatic carbocycles. The van der Waals surface area contributed by atoms with E-state index < -0.39 is 0 Å². The van der Waals surface area contributed by atoms with Gasteiger partial charge in [0.2, 0.25) is 0 Å². The predicted octanol–water partition coefficient (Wildman–Crippen LogP) is 2.20. The van der Waals surface area contributed by atoms with Crippen LogP contribution in [0.25, 0.3) is 0 Å². The Morgan fingerprint density at radius 1 is 1.25 bits per heavy atom. The van der Waals surface area contributed by atoms with E-state index in [1.807, 2.05) is 13.8 Å². The van der Waals surface area contributed by atoms with Gasteiger partial charge in [-0.15, -0.1) is 12.4 Å². The zero-order valence-corrected chi connectivity index (χ0v) is 10.5. The molecule has 3 nitrogen and oxygen atoms in total. The summed E-state index contributed by atoms with van der Waals surface area (Å²) in [5.74, 6) is 0.281. The van der Waals surface area contributed by atoms with Crippen molar-refractivity contribution >= 4 is 12.4 Å². The number of halogens is 1. The van der Waals surface area contributed by atoms with Crippen molar-refractivity contribution in [3.05, 3.63) is 28.8 Å². The minimum Gasteiger partial charge on any atom is -0.508 e. The van der Waals surface area contributed by atoms with Crippen LogP contribution < -0.4 is 5.73 Å². The van der Waals surface area contributed by atoms with Gasteiger partial charge in [-0.2, -0.15) is 0 Å². The molecule has 92 valence electrons. The molecule has 0 aliphatic rings. The lowest BCUT2D eigenvalue weighted by molar-refractivity contribution is 0.280. The van der Waals surface area contributed by atoms with Crippen molar-refractivity contribution in [2.45, 2.75) is 32.7 Å². The second-order valence-electron chi connectivity index (χ2n) is 3.97. The van der Waals surface area contributed by atoms with Crippen LogP contribution in [0.2, 0.25) is 0 Å². The molecule has 1 rings (SSSR count). The van der Waals surface area contributed by atoms with E-state index in [4.69, 9.17) is 10.8 Å².